The van der Waals surface area contributed by atoms with Gasteiger partial charge in [-0.3, -0.25) is 20.4 Å². The number of hydrogen-bond donors (Lipinski definition) is 2. The third-order valence-corrected chi connectivity index (χ3v) is 5.76. The molecule has 0 aromatic heterocycles. The molecule has 1 heterocycles. The summed E-state index contributed by atoms with van der Waals surface area (Å²) >= 11 is 11.6. The highest BCUT2D eigenvalue weighted by atomic mass is 35.5. The number of halogens is 2. The Labute approximate surface area is 149 Å². The first kappa shape index (κ1) is 18.8. The Kier molecular flexibility index (Phi) is 6.31. The zero-order chi connectivity index (χ0) is 17.7. The molecule has 7 nitrogen and oxygen atoms in total. The number of amides is 2. The van der Waals surface area contributed by atoms with Crippen LogP contribution in [0, 0.1) is 5.92 Å². The molecule has 132 valence electrons. The van der Waals surface area contributed by atoms with Gasteiger partial charge in [-0.2, -0.15) is 0 Å². The molecular formula is C14H16Cl2N2O5S. The van der Waals surface area contributed by atoms with Gasteiger partial charge in [0, 0.05) is 11.4 Å². The van der Waals surface area contributed by atoms with E-state index in [1.165, 1.54) is 12.1 Å². The zero-order valence-corrected chi connectivity index (χ0v) is 14.9. The largest absolute Gasteiger partial charge is 0.482 e. The van der Waals surface area contributed by atoms with Crippen LogP contribution in [-0.2, 0) is 19.4 Å². The molecule has 10 heteroatoms. The van der Waals surface area contributed by atoms with Crippen molar-refractivity contribution in [3.63, 3.8) is 0 Å². The Morgan fingerprint density at radius 2 is 1.92 bits per heavy atom. The first-order valence-electron chi connectivity index (χ1n) is 7.11. The van der Waals surface area contributed by atoms with Crippen molar-refractivity contribution in [2.45, 2.75) is 12.8 Å². The van der Waals surface area contributed by atoms with Crippen molar-refractivity contribution in [3.05, 3.63) is 28.2 Å². The van der Waals surface area contributed by atoms with Crippen LogP contribution in [-0.4, -0.2) is 38.3 Å². The molecular weight excluding hydrogens is 379 g/mol. The quantitative estimate of drug-likeness (QED) is 0.733. The molecule has 1 aromatic rings. The Morgan fingerprint density at radius 3 is 2.54 bits per heavy atom. The van der Waals surface area contributed by atoms with Gasteiger partial charge >= 0.3 is 0 Å². The lowest BCUT2D eigenvalue weighted by Crippen LogP contribution is -2.44. The van der Waals surface area contributed by atoms with Gasteiger partial charge in [0.05, 0.1) is 16.5 Å². The second-order valence-corrected chi connectivity index (χ2v) is 8.51. The number of hydrazine groups is 1. The summed E-state index contributed by atoms with van der Waals surface area (Å²) < 4.78 is 27.9. The molecule has 0 aliphatic carbocycles. The lowest BCUT2D eigenvalue weighted by Gasteiger charge is -2.11. The van der Waals surface area contributed by atoms with Crippen molar-refractivity contribution in [1.29, 1.82) is 0 Å². The summed E-state index contributed by atoms with van der Waals surface area (Å²) in [5.41, 5.74) is 4.43. The van der Waals surface area contributed by atoms with Crippen LogP contribution in [0.2, 0.25) is 10.0 Å². The average molecular weight is 395 g/mol. The Hall–Kier alpha value is -1.51. The molecule has 1 atom stereocenters. The van der Waals surface area contributed by atoms with E-state index >= 15 is 0 Å². The Bertz CT molecular complexity index is 739. The van der Waals surface area contributed by atoms with Crippen molar-refractivity contribution >= 4 is 44.9 Å². The van der Waals surface area contributed by atoms with E-state index in [1.807, 2.05) is 0 Å². The van der Waals surface area contributed by atoms with Gasteiger partial charge in [0.15, 0.2) is 16.4 Å². The normalized spacial score (nSPS) is 18.8. The van der Waals surface area contributed by atoms with Crippen LogP contribution in [0.3, 0.4) is 0 Å². The van der Waals surface area contributed by atoms with Gasteiger partial charge < -0.3 is 4.74 Å². The van der Waals surface area contributed by atoms with Crippen molar-refractivity contribution in [2.24, 2.45) is 5.92 Å². The second-order valence-electron chi connectivity index (χ2n) is 5.43. The monoisotopic (exact) mass is 394 g/mol. The Balaban J connectivity index is 1.70. The van der Waals surface area contributed by atoms with Gasteiger partial charge in [0.1, 0.15) is 5.75 Å². The number of sulfone groups is 1. The summed E-state index contributed by atoms with van der Waals surface area (Å²) in [7, 11) is -3.03. The SMILES string of the molecule is O=C(COc1ccc(Cl)cc1Cl)NNC(=O)CC1CCS(=O)(=O)C1. The summed E-state index contributed by atoms with van der Waals surface area (Å²) in [5, 5.41) is 0.708. The van der Waals surface area contributed by atoms with Crippen LogP contribution in [0.4, 0.5) is 0 Å². The zero-order valence-electron chi connectivity index (χ0n) is 12.6. The molecule has 1 unspecified atom stereocenters. The van der Waals surface area contributed by atoms with Gasteiger partial charge in [-0.15, -0.1) is 0 Å². The van der Waals surface area contributed by atoms with Gasteiger partial charge in [-0.05, 0) is 30.5 Å². The van der Waals surface area contributed by atoms with Gasteiger partial charge in [-0.1, -0.05) is 23.2 Å². The first-order valence-corrected chi connectivity index (χ1v) is 9.69. The third-order valence-electron chi connectivity index (χ3n) is 3.39. The van der Waals surface area contributed by atoms with E-state index in [-0.39, 0.29) is 35.5 Å². The molecule has 2 amide bonds. The summed E-state index contributed by atoms with van der Waals surface area (Å²) in [5.74, 6) is -0.836. The molecule has 1 saturated heterocycles. The van der Waals surface area contributed by atoms with E-state index in [0.29, 0.717) is 17.2 Å². The van der Waals surface area contributed by atoms with Crippen molar-refractivity contribution in [3.8, 4) is 5.75 Å². The second kappa shape index (κ2) is 8.04. The molecule has 1 aliphatic heterocycles. The molecule has 0 radical (unpaired) electrons. The van der Waals surface area contributed by atoms with E-state index in [2.05, 4.69) is 10.9 Å². The standard InChI is InChI=1S/C14H16Cl2N2O5S/c15-10-1-2-12(11(16)6-10)23-7-14(20)18-17-13(19)5-9-3-4-24(21,22)8-9/h1-2,6,9H,3-5,7-8H2,(H,17,19)(H,18,20). The highest BCUT2D eigenvalue weighted by Gasteiger charge is 2.29. The van der Waals surface area contributed by atoms with E-state index in [4.69, 9.17) is 27.9 Å². The van der Waals surface area contributed by atoms with Gasteiger partial charge in [0.2, 0.25) is 5.91 Å². The lowest BCUT2D eigenvalue weighted by molar-refractivity contribution is -0.130. The average Bonchev–Trinajstić information content (AvgIpc) is 2.83. The lowest BCUT2D eigenvalue weighted by atomic mass is 10.1. The maximum Gasteiger partial charge on any atom is 0.276 e. The van der Waals surface area contributed by atoms with Crippen LogP contribution < -0.4 is 15.6 Å². The van der Waals surface area contributed by atoms with Crippen molar-refractivity contribution < 1.29 is 22.7 Å². The fourth-order valence-electron chi connectivity index (χ4n) is 2.26. The number of carbonyl (C=O) groups excluding carboxylic acids is 2. The van der Waals surface area contributed by atoms with Crippen LogP contribution >= 0.6 is 23.2 Å². The van der Waals surface area contributed by atoms with Gasteiger partial charge in [0.25, 0.3) is 5.91 Å². The number of carbonyl (C=O) groups is 2. The maximum absolute atomic E-state index is 11.7. The summed E-state index contributed by atoms with van der Waals surface area (Å²) in [6, 6.07) is 4.57. The molecule has 1 aliphatic rings. The molecule has 2 N–H and O–H groups in total. The Morgan fingerprint density at radius 1 is 1.21 bits per heavy atom. The predicted octanol–water partition coefficient (Wildman–Crippen LogP) is 1.34. The fraction of sp³-hybridized carbons (Fsp3) is 0.429. The molecule has 24 heavy (non-hydrogen) atoms. The van der Waals surface area contributed by atoms with Crippen LogP contribution in [0.1, 0.15) is 12.8 Å². The van der Waals surface area contributed by atoms with Gasteiger partial charge in [-0.25, -0.2) is 8.42 Å². The van der Waals surface area contributed by atoms with Crippen LogP contribution in [0.25, 0.3) is 0 Å². The van der Waals surface area contributed by atoms with E-state index in [9.17, 15) is 18.0 Å². The minimum absolute atomic E-state index is 0.00649. The number of benzene rings is 1. The van der Waals surface area contributed by atoms with E-state index < -0.39 is 21.7 Å². The minimum Gasteiger partial charge on any atom is -0.482 e. The van der Waals surface area contributed by atoms with E-state index in [0.717, 1.165) is 0 Å². The number of rotatable bonds is 5. The van der Waals surface area contributed by atoms with Crippen LogP contribution in [0.15, 0.2) is 18.2 Å². The van der Waals surface area contributed by atoms with E-state index in [1.54, 1.807) is 6.07 Å². The first-order chi connectivity index (χ1) is 11.2. The number of nitrogens with one attached hydrogen (secondary N) is 2. The number of ether oxygens (including phenoxy) is 1. The maximum atomic E-state index is 11.7. The van der Waals surface area contributed by atoms with Crippen molar-refractivity contribution in [1.82, 2.24) is 10.9 Å². The minimum atomic E-state index is -3.03. The fourth-order valence-corrected chi connectivity index (χ4v) is 4.58. The highest BCUT2D eigenvalue weighted by molar-refractivity contribution is 7.91. The molecule has 2 rings (SSSR count). The number of hydrogen-bond acceptors (Lipinski definition) is 5. The highest BCUT2D eigenvalue weighted by Crippen LogP contribution is 2.27. The molecule has 0 spiro atoms. The van der Waals surface area contributed by atoms with Crippen LogP contribution in [0.5, 0.6) is 5.75 Å². The predicted molar refractivity (Wildman–Crippen MR) is 89.6 cm³/mol. The molecule has 1 aromatic carbocycles. The van der Waals surface area contributed by atoms with Crippen molar-refractivity contribution in [2.75, 3.05) is 18.1 Å². The smallest absolute Gasteiger partial charge is 0.276 e. The topological polar surface area (TPSA) is 102 Å². The summed E-state index contributed by atoms with van der Waals surface area (Å²) in [6.07, 6.45) is 0.505. The summed E-state index contributed by atoms with van der Waals surface area (Å²) in [6.45, 7) is -0.348. The summed E-state index contributed by atoms with van der Waals surface area (Å²) in [4.78, 5) is 23.3. The molecule has 1 fully saturated rings. The molecule has 0 saturated carbocycles. The molecule has 0 bridgehead atoms. The third kappa shape index (κ3) is 5.85.